The molecule has 0 heterocycles. The molecule has 0 spiro atoms. The van der Waals surface area contributed by atoms with Gasteiger partial charge in [-0.3, -0.25) is 9.59 Å². The highest BCUT2D eigenvalue weighted by Gasteiger charge is 2.30. The largest absolute Gasteiger partial charge is 0.413 e. The molecule has 104 valence electrons. The summed E-state index contributed by atoms with van der Waals surface area (Å²) in [5, 5.41) is 4.38. The van der Waals surface area contributed by atoms with Gasteiger partial charge in [-0.05, 0) is 5.56 Å². The summed E-state index contributed by atoms with van der Waals surface area (Å²) < 4.78 is 10.8. The molecule has 1 atom stereocenters. The van der Waals surface area contributed by atoms with Crippen molar-refractivity contribution in [3.63, 3.8) is 0 Å². The molecule has 8 heteroatoms. The topological polar surface area (TPSA) is 116 Å². The van der Waals surface area contributed by atoms with E-state index in [1.165, 1.54) is 7.05 Å². The number of amides is 2. The van der Waals surface area contributed by atoms with Crippen LogP contribution in [0.2, 0.25) is 0 Å². The van der Waals surface area contributed by atoms with Gasteiger partial charge < -0.3 is 20.4 Å². The van der Waals surface area contributed by atoms with Gasteiger partial charge in [0, 0.05) is 13.5 Å². The van der Waals surface area contributed by atoms with Crippen molar-refractivity contribution < 1.29 is 23.9 Å². The molecule has 1 aromatic rings. The third-order valence-electron chi connectivity index (χ3n) is 2.41. The van der Waals surface area contributed by atoms with Crippen LogP contribution in [0, 0.1) is 0 Å². The predicted octanol–water partition coefficient (Wildman–Crippen LogP) is 0.231. The lowest BCUT2D eigenvalue weighted by Crippen LogP contribution is -2.46. The molecule has 19 heavy (non-hydrogen) atoms. The lowest BCUT2D eigenvalue weighted by atomic mass is 10.1. The Labute approximate surface area is 110 Å². The zero-order valence-electron chi connectivity index (χ0n) is 10.2. The molecule has 4 N–H and O–H groups in total. The second-order valence-corrected chi connectivity index (χ2v) is 5.34. The van der Waals surface area contributed by atoms with E-state index in [4.69, 9.17) is 9.79 Å². The summed E-state index contributed by atoms with van der Waals surface area (Å²) in [5.74, 6) is -0.523. The Balaban J connectivity index is 2.82. The fourth-order valence-corrected chi connectivity index (χ4v) is 1.79. The van der Waals surface area contributed by atoms with Crippen LogP contribution in [0.3, 0.4) is 0 Å². The lowest BCUT2D eigenvalue weighted by molar-refractivity contribution is -0.122. The van der Waals surface area contributed by atoms with Gasteiger partial charge in [0.25, 0.3) is 0 Å². The molecule has 0 aromatic heterocycles. The molecule has 0 fully saturated rings. The summed E-state index contributed by atoms with van der Waals surface area (Å²) in [6.45, 7) is 0. The highest BCUT2D eigenvalue weighted by Crippen LogP contribution is 2.35. The average Bonchev–Trinajstić information content (AvgIpc) is 2.37. The summed E-state index contributed by atoms with van der Waals surface area (Å²) in [5.41, 5.74) is -0.695. The molecule has 0 unspecified atom stereocenters. The van der Waals surface area contributed by atoms with E-state index in [0.717, 1.165) is 5.56 Å². The first-order valence-electron chi connectivity index (χ1n) is 5.46. The minimum atomic E-state index is -4.90. The molecule has 0 saturated carbocycles. The van der Waals surface area contributed by atoms with Crippen LogP contribution in [-0.4, -0.2) is 34.4 Å². The molecule has 1 rings (SSSR count). The van der Waals surface area contributed by atoms with Crippen molar-refractivity contribution in [3.8, 4) is 0 Å². The fourth-order valence-electron chi connectivity index (χ4n) is 1.47. The van der Waals surface area contributed by atoms with Crippen molar-refractivity contribution in [1.82, 2.24) is 10.6 Å². The van der Waals surface area contributed by atoms with Crippen molar-refractivity contribution in [2.24, 2.45) is 0 Å². The van der Waals surface area contributed by atoms with Crippen LogP contribution < -0.4 is 10.6 Å². The third-order valence-corrected chi connectivity index (χ3v) is 3.07. The van der Waals surface area contributed by atoms with Crippen molar-refractivity contribution in [2.75, 3.05) is 7.05 Å². The highest BCUT2D eigenvalue weighted by atomic mass is 31.2. The fraction of sp³-hybridized carbons (Fsp3) is 0.273. The van der Waals surface area contributed by atoms with E-state index >= 15 is 0 Å². The minimum Gasteiger partial charge on any atom is -0.357 e. The lowest BCUT2D eigenvalue weighted by Gasteiger charge is -2.17. The third kappa shape index (κ3) is 4.82. The van der Waals surface area contributed by atoms with Gasteiger partial charge in [0.2, 0.25) is 5.91 Å². The quantitative estimate of drug-likeness (QED) is 0.578. The number of nitrogens with one attached hydrogen (secondary N) is 2. The van der Waals surface area contributed by atoms with Gasteiger partial charge >= 0.3 is 13.2 Å². The first-order chi connectivity index (χ1) is 8.84. The average molecular weight is 286 g/mol. The number of likely N-dealkylation sites (N-methyl/N-ethyl adjacent to an activating group) is 1. The number of rotatable bonds is 5. The number of hydrogen-bond donors (Lipinski definition) is 4. The maximum atomic E-state index is 11.6. The van der Waals surface area contributed by atoms with Crippen LogP contribution in [0.1, 0.15) is 5.56 Å². The molecule has 0 aliphatic carbocycles. The van der Waals surface area contributed by atoms with E-state index in [2.05, 4.69) is 5.32 Å². The zero-order valence-corrected chi connectivity index (χ0v) is 11.1. The summed E-state index contributed by atoms with van der Waals surface area (Å²) in [7, 11) is -3.52. The standard InChI is InChI=1S/C11H15N2O5P/c1-12-10(14)9(13-11(15)19(16,17)18)7-8-5-3-2-4-6-8/h2-6,9H,7H2,1H3,(H,12,14)(H,13,15)(H2,16,17,18)/t9-/m0/s1. The maximum Gasteiger partial charge on any atom is 0.413 e. The van der Waals surface area contributed by atoms with E-state index in [1.54, 1.807) is 30.3 Å². The van der Waals surface area contributed by atoms with Gasteiger partial charge in [-0.2, -0.15) is 0 Å². The minimum absolute atomic E-state index is 0.145. The SMILES string of the molecule is CNC(=O)[C@H](Cc1ccccc1)NC(=O)P(=O)(O)O. The Hall–Kier alpha value is -1.69. The zero-order chi connectivity index (χ0) is 14.5. The van der Waals surface area contributed by atoms with Gasteiger partial charge in [0.15, 0.2) is 0 Å². The summed E-state index contributed by atoms with van der Waals surface area (Å²) in [4.78, 5) is 40.3. The Kier molecular flexibility index (Phi) is 5.23. The molecule has 1 aromatic carbocycles. The Morgan fingerprint density at radius 2 is 1.84 bits per heavy atom. The number of hydrogen-bond acceptors (Lipinski definition) is 3. The van der Waals surface area contributed by atoms with E-state index in [9.17, 15) is 14.2 Å². The van der Waals surface area contributed by atoms with Crippen LogP contribution in [0.25, 0.3) is 0 Å². The number of benzene rings is 1. The molecular formula is C11H15N2O5P. The van der Waals surface area contributed by atoms with Crippen LogP contribution in [0.15, 0.2) is 30.3 Å². The van der Waals surface area contributed by atoms with Crippen molar-refractivity contribution in [2.45, 2.75) is 12.5 Å². The molecule has 0 radical (unpaired) electrons. The van der Waals surface area contributed by atoms with Crippen molar-refractivity contribution >= 4 is 19.2 Å². The summed E-state index contributed by atoms with van der Waals surface area (Å²) in [6.07, 6.45) is 0.145. The highest BCUT2D eigenvalue weighted by molar-refractivity contribution is 7.69. The first-order valence-corrected chi connectivity index (χ1v) is 7.08. The second kappa shape index (κ2) is 6.47. The summed E-state index contributed by atoms with van der Waals surface area (Å²) in [6, 6.07) is 7.79. The molecule has 0 aliphatic rings. The normalized spacial score (nSPS) is 12.6. The van der Waals surface area contributed by atoms with Gasteiger partial charge in [0.05, 0.1) is 0 Å². The smallest absolute Gasteiger partial charge is 0.357 e. The summed E-state index contributed by atoms with van der Waals surface area (Å²) >= 11 is 0. The van der Waals surface area contributed by atoms with Crippen molar-refractivity contribution in [1.29, 1.82) is 0 Å². The van der Waals surface area contributed by atoms with Gasteiger partial charge in [-0.1, -0.05) is 30.3 Å². The van der Waals surface area contributed by atoms with E-state index in [1.807, 2.05) is 5.32 Å². The Morgan fingerprint density at radius 1 is 1.26 bits per heavy atom. The molecule has 7 nitrogen and oxygen atoms in total. The molecule has 0 saturated heterocycles. The number of carbonyl (C=O) groups excluding carboxylic acids is 2. The Bertz CT molecular complexity index is 499. The first kappa shape index (κ1) is 15.4. The van der Waals surface area contributed by atoms with Crippen molar-refractivity contribution in [3.05, 3.63) is 35.9 Å². The molecule has 0 aliphatic heterocycles. The van der Waals surface area contributed by atoms with Gasteiger partial charge in [-0.15, -0.1) is 0 Å². The molecule has 0 bridgehead atoms. The Morgan fingerprint density at radius 3 is 2.32 bits per heavy atom. The van der Waals surface area contributed by atoms with Crippen LogP contribution in [0.4, 0.5) is 4.79 Å². The maximum absolute atomic E-state index is 11.6. The second-order valence-electron chi connectivity index (χ2n) is 3.85. The van der Waals surface area contributed by atoms with E-state index < -0.39 is 25.2 Å². The van der Waals surface area contributed by atoms with Crippen LogP contribution >= 0.6 is 7.60 Å². The predicted molar refractivity (Wildman–Crippen MR) is 68.6 cm³/mol. The van der Waals surface area contributed by atoms with Gasteiger partial charge in [-0.25, -0.2) is 4.57 Å². The molecule has 2 amide bonds. The van der Waals surface area contributed by atoms with Gasteiger partial charge in [0.1, 0.15) is 6.04 Å². The molecular weight excluding hydrogens is 271 g/mol. The van der Waals surface area contributed by atoms with Crippen LogP contribution in [0.5, 0.6) is 0 Å². The monoisotopic (exact) mass is 286 g/mol. The van der Waals surface area contributed by atoms with E-state index in [-0.39, 0.29) is 6.42 Å². The van der Waals surface area contributed by atoms with Crippen LogP contribution in [-0.2, 0) is 15.8 Å². The van der Waals surface area contributed by atoms with E-state index in [0.29, 0.717) is 0 Å². The number of carbonyl (C=O) groups is 2.